The fourth-order valence-electron chi connectivity index (χ4n) is 2.48. The summed E-state index contributed by atoms with van der Waals surface area (Å²) in [4.78, 5) is 15.4. The highest BCUT2D eigenvalue weighted by Gasteiger charge is 2.17. The van der Waals surface area contributed by atoms with Crippen molar-refractivity contribution in [2.75, 3.05) is 5.75 Å². The number of nitrogens with zero attached hydrogens (tertiary/aromatic N) is 3. The number of aliphatic hydroxyl groups excluding tert-OH is 1. The number of rotatable bonds is 5. The average molecular weight is 371 g/mol. The van der Waals surface area contributed by atoms with Crippen LogP contribution in [0.5, 0.6) is 0 Å². The molecule has 0 amide bonds. The van der Waals surface area contributed by atoms with Gasteiger partial charge in [0.1, 0.15) is 0 Å². The summed E-state index contributed by atoms with van der Waals surface area (Å²) in [6.45, 7) is 6.35. The first-order valence-electron chi connectivity index (χ1n) is 8.24. The van der Waals surface area contributed by atoms with Crippen molar-refractivity contribution >= 4 is 28.8 Å². The Morgan fingerprint density at radius 1 is 1.23 bits per heavy atom. The third-order valence-corrected chi connectivity index (χ3v) is 5.20. The zero-order valence-electron chi connectivity index (χ0n) is 14.9. The second-order valence-electron chi connectivity index (χ2n) is 7.03. The van der Waals surface area contributed by atoms with E-state index in [9.17, 15) is 9.90 Å². The third kappa shape index (κ3) is 4.05. The fourth-order valence-corrected chi connectivity index (χ4v) is 3.33. The molecule has 2 aromatic heterocycles. The molecule has 3 rings (SSSR count). The average Bonchev–Trinajstić information content (AvgIpc) is 3.02. The third-order valence-electron chi connectivity index (χ3n) is 3.85. The number of benzene rings is 1. The van der Waals surface area contributed by atoms with Crippen molar-refractivity contribution in [2.24, 2.45) is 0 Å². The Morgan fingerprint density at radius 3 is 2.54 bits per heavy atom. The van der Waals surface area contributed by atoms with E-state index in [1.54, 1.807) is 41.0 Å². The van der Waals surface area contributed by atoms with Crippen molar-refractivity contribution in [1.82, 2.24) is 14.8 Å². The summed E-state index contributed by atoms with van der Waals surface area (Å²) in [5, 5.41) is 24.6. The molecule has 0 fully saturated rings. The summed E-state index contributed by atoms with van der Waals surface area (Å²) in [6.07, 6.45) is 2.77. The first kappa shape index (κ1) is 18.4. The van der Waals surface area contributed by atoms with Crippen LogP contribution in [0.2, 0.25) is 0 Å². The molecule has 7 heteroatoms. The molecular formula is C19H21N3O3S. The molecule has 2 N–H and O–H groups in total. The predicted molar refractivity (Wildman–Crippen MR) is 103 cm³/mol. The van der Waals surface area contributed by atoms with E-state index in [1.807, 2.05) is 6.07 Å². The minimum Gasteiger partial charge on any atom is -0.478 e. The Labute approximate surface area is 155 Å². The van der Waals surface area contributed by atoms with Gasteiger partial charge in [-0.15, -0.1) is 0 Å². The molecule has 0 saturated heterocycles. The standard InChI is InChI=1S/C19H21N3O3S/c1-19(2,3)26-11-16(23)13-8-14-10-21-22(17(14)20-9-13)15-6-4-12(5-7-15)18(24)25/h4-10,16,23H,11H2,1-3H3,(H,24,25)/t16-/m0/s1. The van der Waals surface area contributed by atoms with Crippen LogP contribution in [0.3, 0.4) is 0 Å². The highest BCUT2D eigenvalue weighted by atomic mass is 32.2. The van der Waals surface area contributed by atoms with Gasteiger partial charge >= 0.3 is 5.97 Å². The van der Waals surface area contributed by atoms with Gasteiger partial charge in [-0.2, -0.15) is 16.9 Å². The molecule has 0 bridgehead atoms. The molecule has 3 aromatic rings. The Kier molecular flexibility index (Phi) is 5.02. The Bertz CT molecular complexity index is 929. The largest absolute Gasteiger partial charge is 0.478 e. The van der Waals surface area contributed by atoms with Crippen LogP contribution >= 0.6 is 11.8 Å². The van der Waals surface area contributed by atoms with Gasteiger partial charge in [0, 0.05) is 27.6 Å². The van der Waals surface area contributed by atoms with Crippen molar-refractivity contribution in [3.63, 3.8) is 0 Å². The van der Waals surface area contributed by atoms with Crippen LogP contribution < -0.4 is 0 Å². The van der Waals surface area contributed by atoms with E-state index in [0.717, 1.165) is 16.6 Å². The molecule has 0 aliphatic carbocycles. The predicted octanol–water partition coefficient (Wildman–Crippen LogP) is 3.68. The van der Waals surface area contributed by atoms with E-state index in [0.29, 0.717) is 11.4 Å². The highest BCUT2D eigenvalue weighted by Crippen LogP contribution is 2.29. The van der Waals surface area contributed by atoms with Crippen LogP contribution in [0.25, 0.3) is 16.7 Å². The summed E-state index contributed by atoms with van der Waals surface area (Å²) in [6, 6.07) is 8.35. The van der Waals surface area contributed by atoms with Crippen molar-refractivity contribution in [1.29, 1.82) is 0 Å². The lowest BCUT2D eigenvalue weighted by molar-refractivity contribution is 0.0697. The monoisotopic (exact) mass is 371 g/mol. The Balaban J connectivity index is 1.86. The van der Waals surface area contributed by atoms with Gasteiger partial charge in [-0.1, -0.05) is 20.8 Å². The molecule has 0 aliphatic heterocycles. The second kappa shape index (κ2) is 7.09. The maximum absolute atomic E-state index is 11.0. The van der Waals surface area contributed by atoms with Crippen LogP contribution in [0.1, 0.15) is 42.8 Å². The first-order valence-corrected chi connectivity index (χ1v) is 9.22. The molecule has 2 heterocycles. The van der Waals surface area contributed by atoms with E-state index in [2.05, 4.69) is 30.9 Å². The van der Waals surface area contributed by atoms with Crippen molar-refractivity contribution < 1.29 is 15.0 Å². The molecule has 6 nitrogen and oxygen atoms in total. The van der Waals surface area contributed by atoms with Gasteiger partial charge < -0.3 is 10.2 Å². The smallest absolute Gasteiger partial charge is 0.335 e. The van der Waals surface area contributed by atoms with Crippen molar-refractivity contribution in [3.05, 3.63) is 53.9 Å². The molecular weight excluding hydrogens is 350 g/mol. The quantitative estimate of drug-likeness (QED) is 0.711. The summed E-state index contributed by atoms with van der Waals surface area (Å²) in [5.41, 5.74) is 2.37. The lowest BCUT2D eigenvalue weighted by atomic mass is 10.1. The van der Waals surface area contributed by atoms with E-state index in [-0.39, 0.29) is 10.3 Å². The number of carboxylic acid groups (broad SMARTS) is 1. The molecule has 0 spiro atoms. The van der Waals surface area contributed by atoms with Gasteiger partial charge in [0.05, 0.1) is 23.6 Å². The van der Waals surface area contributed by atoms with E-state index >= 15 is 0 Å². The van der Waals surface area contributed by atoms with Gasteiger partial charge in [-0.3, -0.25) is 0 Å². The summed E-state index contributed by atoms with van der Waals surface area (Å²) < 4.78 is 1.74. The number of carboxylic acids is 1. The van der Waals surface area contributed by atoms with Crippen LogP contribution in [-0.4, -0.2) is 41.4 Å². The molecule has 0 unspecified atom stereocenters. The number of hydrogen-bond donors (Lipinski definition) is 2. The number of thioether (sulfide) groups is 1. The van der Waals surface area contributed by atoms with E-state index < -0.39 is 12.1 Å². The Hall–Kier alpha value is -2.38. The number of carbonyl (C=O) groups is 1. The number of pyridine rings is 1. The van der Waals surface area contributed by atoms with Crippen LogP contribution in [-0.2, 0) is 0 Å². The first-order chi connectivity index (χ1) is 12.2. The summed E-state index contributed by atoms with van der Waals surface area (Å²) in [5.74, 6) is -0.367. The number of fused-ring (bicyclic) bond motifs is 1. The van der Waals surface area contributed by atoms with Gasteiger partial charge in [0.2, 0.25) is 0 Å². The lowest BCUT2D eigenvalue weighted by Gasteiger charge is -2.20. The highest BCUT2D eigenvalue weighted by molar-refractivity contribution is 8.00. The van der Waals surface area contributed by atoms with Gasteiger partial charge in [0.25, 0.3) is 0 Å². The number of aliphatic hydroxyl groups is 1. The summed E-state index contributed by atoms with van der Waals surface area (Å²) >= 11 is 1.70. The van der Waals surface area contributed by atoms with Crippen LogP contribution in [0.4, 0.5) is 0 Å². The lowest BCUT2D eigenvalue weighted by Crippen LogP contribution is -2.12. The molecule has 0 aliphatic rings. The minimum absolute atomic E-state index is 0.0888. The number of aromatic carboxylic acids is 1. The second-order valence-corrected chi connectivity index (χ2v) is 8.88. The molecule has 26 heavy (non-hydrogen) atoms. The molecule has 136 valence electrons. The molecule has 1 atom stereocenters. The topological polar surface area (TPSA) is 88.2 Å². The minimum atomic E-state index is -0.966. The van der Waals surface area contributed by atoms with E-state index in [4.69, 9.17) is 5.11 Å². The normalized spacial score (nSPS) is 13.1. The van der Waals surface area contributed by atoms with Crippen molar-refractivity contribution in [3.8, 4) is 5.69 Å². The number of aromatic nitrogens is 3. The zero-order valence-corrected chi connectivity index (χ0v) is 15.7. The van der Waals surface area contributed by atoms with Gasteiger partial charge in [-0.25, -0.2) is 14.5 Å². The molecule has 1 aromatic carbocycles. The zero-order chi connectivity index (χ0) is 18.9. The molecule has 0 radical (unpaired) electrons. The SMILES string of the molecule is CC(C)(C)SC[C@H](O)c1cnc2c(cnn2-c2ccc(C(=O)O)cc2)c1. The van der Waals surface area contributed by atoms with E-state index in [1.165, 1.54) is 12.1 Å². The maximum Gasteiger partial charge on any atom is 0.335 e. The maximum atomic E-state index is 11.0. The fraction of sp³-hybridized carbons (Fsp3) is 0.316. The van der Waals surface area contributed by atoms with Crippen LogP contribution in [0.15, 0.2) is 42.7 Å². The summed E-state index contributed by atoms with van der Waals surface area (Å²) in [7, 11) is 0. The van der Waals surface area contributed by atoms with Gasteiger partial charge in [-0.05, 0) is 30.3 Å². The van der Waals surface area contributed by atoms with Gasteiger partial charge in [0.15, 0.2) is 5.65 Å². The number of hydrogen-bond acceptors (Lipinski definition) is 5. The molecule has 0 saturated carbocycles. The Morgan fingerprint density at radius 2 is 1.92 bits per heavy atom. The van der Waals surface area contributed by atoms with Crippen molar-refractivity contribution in [2.45, 2.75) is 31.6 Å². The van der Waals surface area contributed by atoms with Crippen LogP contribution in [0, 0.1) is 0 Å².